The molecule has 3 aromatic rings. The Labute approximate surface area is 193 Å². The highest BCUT2D eigenvalue weighted by Gasteiger charge is 2.28. The van der Waals surface area contributed by atoms with Crippen LogP contribution >= 0.6 is 11.8 Å². The Morgan fingerprint density at radius 2 is 1.41 bits per heavy atom. The molecule has 4 nitrogen and oxygen atoms in total. The number of amides is 1. The van der Waals surface area contributed by atoms with Crippen LogP contribution in [0.3, 0.4) is 0 Å². The van der Waals surface area contributed by atoms with Crippen molar-refractivity contribution in [1.29, 1.82) is 0 Å². The van der Waals surface area contributed by atoms with Crippen molar-refractivity contribution in [3.05, 3.63) is 101 Å². The van der Waals surface area contributed by atoms with E-state index in [1.54, 1.807) is 0 Å². The molecule has 0 aliphatic carbocycles. The first-order valence-electron chi connectivity index (χ1n) is 10.9. The topological polar surface area (TPSA) is 35.9 Å². The van der Waals surface area contributed by atoms with Gasteiger partial charge in [-0.2, -0.15) is 4.99 Å². The minimum atomic E-state index is -0.135. The molecule has 3 aromatic carbocycles. The number of hydrogen-bond acceptors (Lipinski definition) is 4. The van der Waals surface area contributed by atoms with E-state index in [9.17, 15) is 4.79 Å². The van der Waals surface area contributed by atoms with E-state index in [0.717, 1.165) is 43.5 Å². The Morgan fingerprint density at radius 3 is 2.09 bits per heavy atom. The molecule has 0 atom stereocenters. The molecule has 1 fully saturated rings. The van der Waals surface area contributed by atoms with Crippen LogP contribution in [0.15, 0.2) is 94.8 Å². The molecule has 0 N–H and O–H groups in total. The molecule has 0 spiro atoms. The van der Waals surface area contributed by atoms with Crippen LogP contribution in [0.1, 0.15) is 11.1 Å². The molecular weight excluding hydrogens is 414 g/mol. The lowest BCUT2D eigenvalue weighted by Gasteiger charge is -2.35. The summed E-state index contributed by atoms with van der Waals surface area (Å²) in [5.74, 6) is -0.135. The fourth-order valence-corrected chi connectivity index (χ4v) is 4.99. The molecule has 160 valence electrons. The average molecular weight is 440 g/mol. The Balaban J connectivity index is 1.19. The summed E-state index contributed by atoms with van der Waals surface area (Å²) < 4.78 is 0. The van der Waals surface area contributed by atoms with Gasteiger partial charge in [0.05, 0.1) is 4.91 Å². The summed E-state index contributed by atoms with van der Waals surface area (Å²) in [6.45, 7) is 4.71. The third-order valence-corrected chi connectivity index (χ3v) is 6.86. The third-order valence-electron chi connectivity index (χ3n) is 5.82. The van der Waals surface area contributed by atoms with Crippen molar-refractivity contribution in [2.45, 2.75) is 6.54 Å². The van der Waals surface area contributed by atoms with E-state index in [-0.39, 0.29) is 5.91 Å². The molecule has 0 aromatic heterocycles. The number of carbonyl (C=O) groups is 1. The second-order valence-electron chi connectivity index (χ2n) is 8.05. The van der Waals surface area contributed by atoms with Gasteiger partial charge < -0.3 is 4.90 Å². The number of carbonyl (C=O) groups excluding carboxylic acids is 1. The van der Waals surface area contributed by atoms with Crippen LogP contribution in [-0.2, 0) is 11.3 Å². The van der Waals surface area contributed by atoms with Crippen LogP contribution in [0.4, 0.5) is 0 Å². The van der Waals surface area contributed by atoms with Gasteiger partial charge >= 0.3 is 0 Å². The van der Waals surface area contributed by atoms with Gasteiger partial charge in [-0.25, -0.2) is 0 Å². The maximum Gasteiger partial charge on any atom is 0.286 e. The van der Waals surface area contributed by atoms with Crippen LogP contribution in [-0.4, -0.2) is 47.1 Å². The first kappa shape index (κ1) is 20.7. The van der Waals surface area contributed by atoms with E-state index in [1.165, 1.54) is 28.5 Å². The monoisotopic (exact) mass is 439 g/mol. The minimum Gasteiger partial charge on any atom is -0.348 e. The van der Waals surface area contributed by atoms with Crippen molar-refractivity contribution in [3.8, 4) is 11.1 Å². The van der Waals surface area contributed by atoms with Gasteiger partial charge in [0.1, 0.15) is 0 Å². The first-order chi connectivity index (χ1) is 15.7. The zero-order valence-corrected chi connectivity index (χ0v) is 18.7. The van der Waals surface area contributed by atoms with Crippen molar-refractivity contribution in [2.75, 3.05) is 26.2 Å². The number of rotatable bonds is 4. The standard InChI is InChI=1S/C27H25N3OS/c31-26-25(19-21-11-13-24(14-12-21)23-9-5-2-6-10-23)32-27(28-26)30-17-15-29(16-18-30)20-22-7-3-1-4-8-22/h1-14,19H,15-18,20H2/b25-19-. The summed E-state index contributed by atoms with van der Waals surface area (Å²) in [5.41, 5.74) is 4.72. The Hall–Kier alpha value is -3.15. The summed E-state index contributed by atoms with van der Waals surface area (Å²) in [6, 6.07) is 29.2. The number of thioether (sulfide) groups is 1. The molecule has 0 saturated carbocycles. The fraction of sp³-hybridized carbons (Fsp3) is 0.185. The van der Waals surface area contributed by atoms with Crippen LogP contribution in [0.2, 0.25) is 0 Å². The predicted molar refractivity (Wildman–Crippen MR) is 133 cm³/mol. The van der Waals surface area contributed by atoms with Gasteiger partial charge in [0, 0.05) is 32.7 Å². The fourth-order valence-electron chi connectivity index (χ4n) is 4.03. The summed E-state index contributed by atoms with van der Waals surface area (Å²) in [6.07, 6.45) is 1.95. The maximum absolute atomic E-state index is 12.5. The van der Waals surface area contributed by atoms with Crippen molar-refractivity contribution in [2.24, 2.45) is 4.99 Å². The van der Waals surface area contributed by atoms with E-state index < -0.39 is 0 Å². The Kier molecular flexibility index (Phi) is 6.19. The zero-order chi connectivity index (χ0) is 21.8. The molecule has 2 aliphatic heterocycles. The lowest BCUT2D eigenvalue weighted by Crippen LogP contribution is -2.47. The summed E-state index contributed by atoms with van der Waals surface area (Å²) in [5, 5.41) is 0.835. The van der Waals surface area contributed by atoms with Gasteiger partial charge in [0.15, 0.2) is 5.17 Å². The third kappa shape index (κ3) is 4.85. The van der Waals surface area contributed by atoms with E-state index in [1.807, 2.05) is 24.3 Å². The van der Waals surface area contributed by atoms with Crippen molar-refractivity contribution in [3.63, 3.8) is 0 Å². The molecule has 5 heteroatoms. The summed E-state index contributed by atoms with van der Waals surface area (Å²) in [7, 11) is 0. The smallest absolute Gasteiger partial charge is 0.286 e. The second-order valence-corrected chi connectivity index (χ2v) is 9.06. The van der Waals surface area contributed by atoms with Crippen molar-refractivity contribution >= 4 is 28.9 Å². The molecule has 0 bridgehead atoms. The van der Waals surface area contributed by atoms with Gasteiger partial charge in [-0.3, -0.25) is 9.69 Å². The minimum absolute atomic E-state index is 0.135. The number of aliphatic imine (C=N–C) groups is 1. The molecule has 5 rings (SSSR count). The average Bonchev–Trinajstić information content (AvgIpc) is 3.21. The number of nitrogens with zero attached hydrogens (tertiary/aromatic N) is 3. The maximum atomic E-state index is 12.5. The summed E-state index contributed by atoms with van der Waals surface area (Å²) in [4.78, 5) is 22.2. The molecule has 32 heavy (non-hydrogen) atoms. The van der Waals surface area contributed by atoms with E-state index >= 15 is 0 Å². The highest BCUT2D eigenvalue weighted by Crippen LogP contribution is 2.31. The van der Waals surface area contributed by atoms with Crippen LogP contribution in [0, 0.1) is 0 Å². The second kappa shape index (κ2) is 9.55. The van der Waals surface area contributed by atoms with Crippen molar-refractivity contribution in [1.82, 2.24) is 9.80 Å². The first-order valence-corrected chi connectivity index (χ1v) is 11.8. The van der Waals surface area contributed by atoms with E-state index in [0.29, 0.717) is 4.91 Å². The van der Waals surface area contributed by atoms with E-state index in [2.05, 4.69) is 81.5 Å². The number of hydrogen-bond donors (Lipinski definition) is 0. The van der Waals surface area contributed by atoms with Gasteiger partial charge in [-0.1, -0.05) is 84.9 Å². The largest absolute Gasteiger partial charge is 0.348 e. The number of amidine groups is 1. The van der Waals surface area contributed by atoms with Gasteiger partial charge in [0.25, 0.3) is 5.91 Å². The van der Waals surface area contributed by atoms with Crippen LogP contribution < -0.4 is 0 Å². The molecule has 2 heterocycles. The number of piperazine rings is 1. The molecule has 0 unspecified atom stereocenters. The Morgan fingerprint density at radius 1 is 0.781 bits per heavy atom. The van der Waals surface area contributed by atoms with Crippen LogP contribution in [0.25, 0.3) is 17.2 Å². The zero-order valence-electron chi connectivity index (χ0n) is 17.9. The van der Waals surface area contributed by atoms with Crippen molar-refractivity contribution < 1.29 is 4.79 Å². The van der Waals surface area contributed by atoms with Crippen LogP contribution in [0.5, 0.6) is 0 Å². The lowest BCUT2D eigenvalue weighted by atomic mass is 10.0. The molecule has 0 radical (unpaired) electrons. The SMILES string of the molecule is O=C1N=C(N2CCN(Cc3ccccc3)CC2)S/C1=C\c1ccc(-c2ccccc2)cc1. The molecule has 2 aliphatic rings. The molecular formula is C27H25N3OS. The lowest BCUT2D eigenvalue weighted by molar-refractivity contribution is -0.113. The highest BCUT2D eigenvalue weighted by atomic mass is 32.2. The highest BCUT2D eigenvalue weighted by molar-refractivity contribution is 8.18. The van der Waals surface area contributed by atoms with Gasteiger partial charge in [-0.05, 0) is 40.1 Å². The normalized spacial score (nSPS) is 18.2. The molecule has 1 saturated heterocycles. The quantitative estimate of drug-likeness (QED) is 0.527. The van der Waals surface area contributed by atoms with Gasteiger partial charge in [0.2, 0.25) is 0 Å². The van der Waals surface area contributed by atoms with E-state index in [4.69, 9.17) is 0 Å². The summed E-state index contributed by atoms with van der Waals surface area (Å²) >= 11 is 1.49. The number of benzene rings is 3. The Bertz CT molecular complexity index is 1130. The predicted octanol–water partition coefficient (Wildman–Crippen LogP) is 5.14. The van der Waals surface area contributed by atoms with Gasteiger partial charge in [-0.15, -0.1) is 0 Å². The molecule has 1 amide bonds.